The van der Waals surface area contributed by atoms with E-state index in [1.807, 2.05) is 45.0 Å². The average molecular weight is 477 g/mol. The van der Waals surface area contributed by atoms with Gasteiger partial charge in [0.15, 0.2) is 4.96 Å². The fraction of sp³-hybridized carbons (Fsp3) is 0.320. The summed E-state index contributed by atoms with van der Waals surface area (Å²) < 4.78 is 1.94. The van der Waals surface area contributed by atoms with Gasteiger partial charge in [0.05, 0.1) is 12.2 Å². The monoisotopic (exact) mass is 476 g/mol. The van der Waals surface area contributed by atoms with Gasteiger partial charge in [-0.2, -0.15) is 0 Å². The summed E-state index contributed by atoms with van der Waals surface area (Å²) in [4.78, 5) is 35.0. The maximum atomic E-state index is 13.6. The van der Waals surface area contributed by atoms with Crippen LogP contribution in [0.15, 0.2) is 53.4 Å². The fourth-order valence-electron chi connectivity index (χ4n) is 5.10. The molecule has 33 heavy (non-hydrogen) atoms. The van der Waals surface area contributed by atoms with Crippen LogP contribution in [0, 0.1) is 11.8 Å². The predicted molar refractivity (Wildman–Crippen MR) is 131 cm³/mol. The Morgan fingerprint density at radius 3 is 2.88 bits per heavy atom. The number of carbonyl (C=O) groups is 2. The third kappa shape index (κ3) is 3.48. The second-order valence-corrected chi connectivity index (χ2v) is 10.5. The van der Waals surface area contributed by atoms with Crippen molar-refractivity contribution in [1.29, 1.82) is 0 Å². The number of benzene rings is 1. The van der Waals surface area contributed by atoms with Gasteiger partial charge in [0.2, 0.25) is 0 Å². The number of thiazole rings is 1. The summed E-state index contributed by atoms with van der Waals surface area (Å²) in [5.41, 5.74) is 3.37. The highest BCUT2D eigenvalue weighted by atomic mass is 32.1. The van der Waals surface area contributed by atoms with E-state index in [1.165, 1.54) is 0 Å². The van der Waals surface area contributed by atoms with Crippen LogP contribution in [0.3, 0.4) is 0 Å². The summed E-state index contributed by atoms with van der Waals surface area (Å²) >= 11 is 3.19. The minimum absolute atomic E-state index is 0.0272. The first-order chi connectivity index (χ1) is 16.2. The number of nitrogens with one attached hydrogen (secondary N) is 1. The SMILES string of the molecule is CCc1csc2ncc(C(=O)NC[C@@H]3[C@H]4C[C@H]4CN3C(=O)c3ccccc3-c3cccs3)n12. The maximum Gasteiger partial charge on any atom is 0.270 e. The van der Waals surface area contributed by atoms with E-state index in [0.29, 0.717) is 24.1 Å². The molecule has 3 aromatic heterocycles. The molecule has 2 amide bonds. The van der Waals surface area contributed by atoms with E-state index in [9.17, 15) is 9.59 Å². The third-order valence-electron chi connectivity index (χ3n) is 6.89. The van der Waals surface area contributed by atoms with Crippen molar-refractivity contribution in [2.45, 2.75) is 25.8 Å². The van der Waals surface area contributed by atoms with Crippen LogP contribution in [0.5, 0.6) is 0 Å². The zero-order valence-corrected chi connectivity index (χ0v) is 19.9. The van der Waals surface area contributed by atoms with Gasteiger partial charge < -0.3 is 10.2 Å². The summed E-state index contributed by atoms with van der Waals surface area (Å²) in [7, 11) is 0. The van der Waals surface area contributed by atoms with E-state index in [0.717, 1.165) is 46.0 Å². The standard InChI is InChI=1S/C25H24N4O2S2/c1-2-16-14-33-25-27-12-21(29(16)25)23(30)26-11-20-19-10-15(19)13-28(20)24(31)18-7-4-3-6-17(18)22-8-5-9-32-22/h3-9,12,14-15,19-20H,2,10-11,13H2,1H3,(H,26,30)/t15-,19-,20+/m0/s1. The lowest BCUT2D eigenvalue weighted by Crippen LogP contribution is -2.45. The Morgan fingerprint density at radius 2 is 2.06 bits per heavy atom. The number of amides is 2. The van der Waals surface area contributed by atoms with Crippen LogP contribution in [0.2, 0.25) is 0 Å². The van der Waals surface area contributed by atoms with Crippen molar-refractivity contribution in [2.24, 2.45) is 11.8 Å². The van der Waals surface area contributed by atoms with Crippen molar-refractivity contribution in [3.05, 3.63) is 70.3 Å². The molecule has 4 aromatic rings. The van der Waals surface area contributed by atoms with Crippen LogP contribution in [0.1, 0.15) is 39.9 Å². The predicted octanol–water partition coefficient (Wildman–Crippen LogP) is 4.58. The molecular formula is C25H24N4O2S2. The lowest BCUT2D eigenvalue weighted by molar-refractivity contribution is 0.0695. The number of fused-ring (bicyclic) bond motifs is 2. The molecule has 1 aromatic carbocycles. The number of thiophene rings is 1. The highest BCUT2D eigenvalue weighted by Crippen LogP contribution is 2.50. The largest absolute Gasteiger partial charge is 0.349 e. The average Bonchev–Trinajstić information content (AvgIpc) is 3.32. The minimum atomic E-state index is -0.133. The van der Waals surface area contributed by atoms with Gasteiger partial charge in [-0.1, -0.05) is 31.2 Å². The molecule has 0 bridgehead atoms. The Hall–Kier alpha value is -2.97. The van der Waals surface area contributed by atoms with E-state index in [-0.39, 0.29) is 17.9 Å². The number of hydrogen-bond acceptors (Lipinski definition) is 5. The molecule has 6 rings (SSSR count). The van der Waals surface area contributed by atoms with E-state index >= 15 is 0 Å². The number of aromatic nitrogens is 2. The van der Waals surface area contributed by atoms with Crippen LogP contribution in [0.25, 0.3) is 15.4 Å². The molecule has 0 unspecified atom stereocenters. The lowest BCUT2D eigenvalue weighted by atomic mass is 10.0. The highest BCUT2D eigenvalue weighted by molar-refractivity contribution is 7.15. The molecule has 1 aliphatic heterocycles. The molecule has 1 saturated carbocycles. The number of imidazole rings is 1. The zero-order valence-electron chi connectivity index (χ0n) is 18.2. The van der Waals surface area contributed by atoms with Crippen molar-refractivity contribution in [3.63, 3.8) is 0 Å². The van der Waals surface area contributed by atoms with E-state index in [1.54, 1.807) is 28.9 Å². The quantitative estimate of drug-likeness (QED) is 0.443. The lowest BCUT2D eigenvalue weighted by Gasteiger charge is -2.28. The van der Waals surface area contributed by atoms with Gasteiger partial charge in [0, 0.05) is 40.2 Å². The first-order valence-electron chi connectivity index (χ1n) is 11.3. The van der Waals surface area contributed by atoms with Crippen LogP contribution >= 0.6 is 22.7 Å². The van der Waals surface area contributed by atoms with Crippen LogP contribution < -0.4 is 5.32 Å². The van der Waals surface area contributed by atoms with Gasteiger partial charge in [-0.3, -0.25) is 14.0 Å². The third-order valence-corrected chi connectivity index (χ3v) is 8.68. The van der Waals surface area contributed by atoms with Gasteiger partial charge in [-0.25, -0.2) is 4.98 Å². The minimum Gasteiger partial charge on any atom is -0.349 e. The van der Waals surface area contributed by atoms with Crippen LogP contribution in [-0.4, -0.2) is 45.2 Å². The Balaban J connectivity index is 1.22. The van der Waals surface area contributed by atoms with Gasteiger partial charge >= 0.3 is 0 Å². The van der Waals surface area contributed by atoms with Gasteiger partial charge in [0.25, 0.3) is 11.8 Å². The fourth-order valence-corrected chi connectivity index (χ4v) is 6.81. The number of piperidine rings is 1. The van der Waals surface area contributed by atoms with Gasteiger partial charge in [-0.15, -0.1) is 22.7 Å². The zero-order chi connectivity index (χ0) is 22.5. The number of likely N-dealkylation sites (tertiary alicyclic amines) is 1. The summed E-state index contributed by atoms with van der Waals surface area (Å²) in [5, 5.41) is 7.19. The summed E-state index contributed by atoms with van der Waals surface area (Å²) in [6.07, 6.45) is 3.63. The molecule has 0 spiro atoms. The van der Waals surface area contributed by atoms with Crippen molar-refractivity contribution in [3.8, 4) is 10.4 Å². The maximum absolute atomic E-state index is 13.6. The molecule has 2 fully saturated rings. The van der Waals surface area contributed by atoms with Gasteiger partial charge in [-0.05, 0) is 42.2 Å². The van der Waals surface area contributed by atoms with Crippen molar-refractivity contribution in [2.75, 3.05) is 13.1 Å². The number of rotatable bonds is 6. The number of aryl methyl sites for hydroxylation is 1. The van der Waals surface area contributed by atoms with Crippen LogP contribution in [-0.2, 0) is 6.42 Å². The first kappa shape index (κ1) is 20.6. The summed E-state index contributed by atoms with van der Waals surface area (Å²) in [6, 6.07) is 11.9. The molecule has 0 radical (unpaired) electrons. The molecule has 1 aliphatic carbocycles. The van der Waals surface area contributed by atoms with E-state index in [2.05, 4.69) is 28.7 Å². The second kappa shape index (κ2) is 8.11. The molecule has 1 saturated heterocycles. The Bertz CT molecular complexity index is 1340. The topological polar surface area (TPSA) is 66.7 Å². The molecule has 8 heteroatoms. The Labute approximate surface area is 199 Å². The first-order valence-corrected chi connectivity index (χ1v) is 13.1. The molecule has 2 aliphatic rings. The van der Waals surface area contributed by atoms with E-state index in [4.69, 9.17) is 0 Å². The Kier molecular flexibility index (Phi) is 5.07. The van der Waals surface area contributed by atoms with E-state index < -0.39 is 0 Å². The Morgan fingerprint density at radius 1 is 1.18 bits per heavy atom. The normalized spacial score (nSPS) is 21.4. The summed E-state index contributed by atoms with van der Waals surface area (Å²) in [5.74, 6) is 0.949. The van der Waals surface area contributed by atoms with Crippen molar-refractivity contribution in [1.82, 2.24) is 19.6 Å². The van der Waals surface area contributed by atoms with Gasteiger partial charge in [0.1, 0.15) is 5.69 Å². The smallest absolute Gasteiger partial charge is 0.270 e. The number of carbonyl (C=O) groups excluding carboxylic acids is 2. The molecule has 168 valence electrons. The molecule has 6 nitrogen and oxygen atoms in total. The van der Waals surface area contributed by atoms with Crippen molar-refractivity contribution >= 4 is 39.4 Å². The highest BCUT2D eigenvalue weighted by Gasteiger charge is 2.54. The molecule has 1 N–H and O–H groups in total. The molecular weight excluding hydrogens is 452 g/mol. The molecule has 3 atom stereocenters. The van der Waals surface area contributed by atoms with Crippen LogP contribution in [0.4, 0.5) is 0 Å². The molecule has 4 heterocycles. The summed E-state index contributed by atoms with van der Waals surface area (Å²) in [6.45, 7) is 3.31. The number of nitrogens with zero attached hydrogens (tertiary/aromatic N) is 3. The number of hydrogen-bond donors (Lipinski definition) is 1. The second-order valence-electron chi connectivity index (χ2n) is 8.76. The van der Waals surface area contributed by atoms with Crippen molar-refractivity contribution < 1.29 is 9.59 Å².